The third-order valence-corrected chi connectivity index (χ3v) is 5.12. The van der Waals surface area contributed by atoms with Gasteiger partial charge in [-0.3, -0.25) is 4.79 Å². The fourth-order valence-corrected chi connectivity index (χ4v) is 3.60. The number of fused-ring (bicyclic) bond motifs is 3. The SMILES string of the molecule is CCCN(Cc1ccc(C(F)(F)F)nn1)C(=O)c1ccc2nc(N)c3c(c2c1)COC3. The van der Waals surface area contributed by atoms with Gasteiger partial charge in [-0.25, -0.2) is 4.98 Å². The summed E-state index contributed by atoms with van der Waals surface area (Å²) < 4.78 is 43.6. The van der Waals surface area contributed by atoms with E-state index in [1.54, 1.807) is 23.1 Å². The maximum atomic E-state index is 13.2. The fourth-order valence-electron chi connectivity index (χ4n) is 3.60. The molecule has 0 bridgehead atoms. The second-order valence-electron chi connectivity index (χ2n) is 7.31. The highest BCUT2D eigenvalue weighted by atomic mass is 19.4. The second kappa shape index (κ2) is 8.10. The van der Waals surface area contributed by atoms with Crippen LogP contribution in [0.1, 0.15) is 46.2 Å². The van der Waals surface area contributed by atoms with Gasteiger partial charge in [0.2, 0.25) is 0 Å². The van der Waals surface area contributed by atoms with Crippen molar-refractivity contribution in [2.45, 2.75) is 39.3 Å². The van der Waals surface area contributed by atoms with E-state index in [4.69, 9.17) is 10.5 Å². The summed E-state index contributed by atoms with van der Waals surface area (Å²) in [6, 6.07) is 7.27. The maximum Gasteiger partial charge on any atom is 0.435 e. The van der Waals surface area contributed by atoms with Crippen LogP contribution >= 0.6 is 0 Å². The minimum absolute atomic E-state index is 0.0526. The Hall–Kier alpha value is -3.27. The molecule has 0 saturated heterocycles. The number of nitrogens with two attached hydrogens (primary N) is 1. The summed E-state index contributed by atoms with van der Waals surface area (Å²) in [6.45, 7) is 3.17. The summed E-state index contributed by atoms with van der Waals surface area (Å²) in [5, 5.41) is 7.69. The minimum Gasteiger partial charge on any atom is -0.383 e. The number of aromatic nitrogens is 3. The Balaban J connectivity index is 1.62. The number of carbonyl (C=O) groups excluding carboxylic acids is 1. The summed E-state index contributed by atoms with van der Waals surface area (Å²) in [6.07, 6.45) is -3.88. The number of nitrogens with zero attached hydrogens (tertiary/aromatic N) is 4. The van der Waals surface area contributed by atoms with Crippen LogP contribution in [0.25, 0.3) is 10.9 Å². The van der Waals surface area contributed by atoms with Crippen LogP contribution in [0.3, 0.4) is 0 Å². The molecular formula is C21H20F3N5O2. The summed E-state index contributed by atoms with van der Waals surface area (Å²) in [4.78, 5) is 19.1. The predicted molar refractivity (Wildman–Crippen MR) is 107 cm³/mol. The van der Waals surface area contributed by atoms with E-state index in [2.05, 4.69) is 15.2 Å². The van der Waals surface area contributed by atoms with Crippen LogP contribution in [0.5, 0.6) is 0 Å². The van der Waals surface area contributed by atoms with Crippen molar-refractivity contribution in [3.63, 3.8) is 0 Å². The third kappa shape index (κ3) is 4.15. The van der Waals surface area contributed by atoms with E-state index in [9.17, 15) is 18.0 Å². The van der Waals surface area contributed by atoms with Crippen molar-refractivity contribution in [2.75, 3.05) is 12.3 Å². The van der Waals surface area contributed by atoms with Crippen LogP contribution in [0.2, 0.25) is 0 Å². The summed E-state index contributed by atoms with van der Waals surface area (Å²) >= 11 is 0. The van der Waals surface area contributed by atoms with Gasteiger partial charge in [0.1, 0.15) is 5.82 Å². The Morgan fingerprint density at radius 1 is 1.16 bits per heavy atom. The van der Waals surface area contributed by atoms with E-state index in [0.717, 1.165) is 22.6 Å². The number of anilines is 1. The molecule has 0 spiro atoms. The van der Waals surface area contributed by atoms with Gasteiger partial charge in [0.15, 0.2) is 5.69 Å². The molecule has 0 fully saturated rings. The molecule has 3 aromatic rings. The third-order valence-electron chi connectivity index (χ3n) is 5.12. The molecule has 7 nitrogen and oxygen atoms in total. The van der Waals surface area contributed by atoms with Crippen molar-refractivity contribution in [1.29, 1.82) is 0 Å². The number of alkyl halides is 3. The lowest BCUT2D eigenvalue weighted by Gasteiger charge is -2.22. The van der Waals surface area contributed by atoms with Crippen LogP contribution in [0.4, 0.5) is 19.0 Å². The molecule has 4 rings (SSSR count). The molecule has 0 unspecified atom stereocenters. The first-order valence-electron chi connectivity index (χ1n) is 9.75. The first kappa shape index (κ1) is 21.0. The molecule has 3 heterocycles. The molecule has 0 radical (unpaired) electrons. The smallest absolute Gasteiger partial charge is 0.383 e. The number of amides is 1. The quantitative estimate of drug-likeness (QED) is 0.662. The average Bonchev–Trinajstić information content (AvgIpc) is 3.24. The van der Waals surface area contributed by atoms with Gasteiger partial charge in [0.05, 0.1) is 31.0 Å². The fraction of sp³-hybridized carbons (Fsp3) is 0.333. The first-order valence-corrected chi connectivity index (χ1v) is 9.75. The molecule has 0 atom stereocenters. The second-order valence-corrected chi connectivity index (χ2v) is 7.31. The van der Waals surface area contributed by atoms with E-state index in [-0.39, 0.29) is 18.1 Å². The first-order chi connectivity index (χ1) is 14.8. The zero-order chi connectivity index (χ0) is 22.2. The van der Waals surface area contributed by atoms with E-state index < -0.39 is 11.9 Å². The van der Waals surface area contributed by atoms with Crippen molar-refractivity contribution in [3.05, 3.63) is 58.4 Å². The number of hydrogen-bond acceptors (Lipinski definition) is 6. The number of pyridine rings is 1. The highest BCUT2D eigenvalue weighted by Gasteiger charge is 2.33. The zero-order valence-electron chi connectivity index (χ0n) is 16.7. The molecule has 1 aromatic carbocycles. The largest absolute Gasteiger partial charge is 0.435 e. The minimum atomic E-state index is -4.56. The van der Waals surface area contributed by atoms with E-state index >= 15 is 0 Å². The lowest BCUT2D eigenvalue weighted by Crippen LogP contribution is -2.31. The molecule has 0 aliphatic carbocycles. The molecule has 1 aliphatic rings. The summed E-state index contributed by atoms with van der Waals surface area (Å²) in [5.74, 6) is 0.169. The molecule has 31 heavy (non-hydrogen) atoms. The number of rotatable bonds is 5. The lowest BCUT2D eigenvalue weighted by atomic mass is 10.0. The van der Waals surface area contributed by atoms with Gasteiger partial charge in [-0.15, -0.1) is 5.10 Å². The Morgan fingerprint density at radius 2 is 1.94 bits per heavy atom. The van der Waals surface area contributed by atoms with Crippen molar-refractivity contribution in [3.8, 4) is 0 Å². The van der Waals surface area contributed by atoms with Gasteiger partial charge in [0.25, 0.3) is 5.91 Å². The maximum absolute atomic E-state index is 13.2. The number of benzene rings is 1. The number of hydrogen-bond donors (Lipinski definition) is 1. The summed E-state index contributed by atoms with van der Waals surface area (Å²) in [7, 11) is 0. The zero-order valence-corrected chi connectivity index (χ0v) is 16.7. The van der Waals surface area contributed by atoms with Gasteiger partial charge in [-0.05, 0) is 42.3 Å². The summed E-state index contributed by atoms with van der Waals surface area (Å²) in [5.41, 5.74) is 8.09. The Bertz CT molecular complexity index is 1130. The highest BCUT2D eigenvalue weighted by molar-refractivity contribution is 5.99. The Morgan fingerprint density at radius 3 is 2.61 bits per heavy atom. The van der Waals surface area contributed by atoms with E-state index in [1.807, 2.05) is 6.92 Å². The van der Waals surface area contributed by atoms with Crippen LogP contribution < -0.4 is 5.73 Å². The topological polar surface area (TPSA) is 94.2 Å². The molecule has 0 saturated carbocycles. The van der Waals surface area contributed by atoms with Gasteiger partial charge in [-0.1, -0.05) is 6.92 Å². The van der Waals surface area contributed by atoms with E-state index in [1.165, 1.54) is 6.07 Å². The molecule has 2 aromatic heterocycles. The van der Waals surface area contributed by atoms with Crippen molar-refractivity contribution in [2.24, 2.45) is 0 Å². The van der Waals surface area contributed by atoms with Crippen LogP contribution in [0.15, 0.2) is 30.3 Å². The number of halogens is 3. The molecule has 1 amide bonds. The van der Waals surface area contributed by atoms with Crippen molar-refractivity contribution >= 4 is 22.6 Å². The van der Waals surface area contributed by atoms with Gasteiger partial charge >= 0.3 is 6.18 Å². The number of carbonyl (C=O) groups is 1. The van der Waals surface area contributed by atoms with Gasteiger partial charge in [-0.2, -0.15) is 18.3 Å². The predicted octanol–water partition coefficient (Wildman–Crippen LogP) is 3.71. The van der Waals surface area contributed by atoms with Crippen LogP contribution in [-0.4, -0.2) is 32.5 Å². The van der Waals surface area contributed by atoms with Gasteiger partial charge < -0.3 is 15.4 Å². The normalized spacial score (nSPS) is 13.4. The molecule has 2 N–H and O–H groups in total. The lowest BCUT2D eigenvalue weighted by molar-refractivity contribution is -0.141. The molecule has 10 heteroatoms. The van der Waals surface area contributed by atoms with Crippen LogP contribution in [-0.2, 0) is 30.7 Å². The number of nitrogen functional groups attached to an aromatic ring is 1. The Labute approximate surface area is 176 Å². The van der Waals surface area contributed by atoms with E-state index in [0.29, 0.717) is 43.1 Å². The standard InChI is InChI=1S/C21H20F3N5O2/c1-2-7-29(9-13-4-6-18(28-27-13)21(22,23)24)20(30)12-3-5-17-14(8-12)15-10-31-11-16(15)19(25)26-17/h3-6,8H,2,7,9-11H2,1H3,(H2,25,26). The molecular weight excluding hydrogens is 411 g/mol. The molecule has 162 valence electrons. The average molecular weight is 431 g/mol. The van der Waals surface area contributed by atoms with Crippen molar-refractivity contribution in [1.82, 2.24) is 20.1 Å². The number of ether oxygens (including phenoxy) is 1. The van der Waals surface area contributed by atoms with Crippen LogP contribution in [0, 0.1) is 0 Å². The Kier molecular flexibility index (Phi) is 5.48. The van der Waals surface area contributed by atoms with Gasteiger partial charge in [0, 0.05) is 23.1 Å². The molecule has 1 aliphatic heterocycles. The van der Waals surface area contributed by atoms with Crippen molar-refractivity contribution < 1.29 is 22.7 Å². The monoisotopic (exact) mass is 431 g/mol. The highest BCUT2D eigenvalue weighted by Crippen LogP contribution is 2.32.